The van der Waals surface area contributed by atoms with Gasteiger partial charge >= 0.3 is 0 Å². The molecule has 0 radical (unpaired) electrons. The van der Waals surface area contributed by atoms with Crippen LogP contribution < -0.4 is 5.32 Å². The third-order valence-corrected chi connectivity index (χ3v) is 2.62. The van der Waals surface area contributed by atoms with Crippen molar-refractivity contribution in [3.63, 3.8) is 0 Å². The van der Waals surface area contributed by atoms with E-state index in [2.05, 4.69) is 25.4 Å². The van der Waals surface area contributed by atoms with Gasteiger partial charge in [0.25, 0.3) is 0 Å². The highest BCUT2D eigenvalue weighted by Crippen LogP contribution is 1.96. The minimum atomic E-state index is -0.0338. The molecule has 4 nitrogen and oxygen atoms in total. The van der Waals surface area contributed by atoms with E-state index in [-0.39, 0.29) is 11.8 Å². The van der Waals surface area contributed by atoms with E-state index in [1.165, 1.54) is 0 Å². The number of amides is 2. The Morgan fingerprint density at radius 1 is 1.00 bits per heavy atom. The SMILES string of the molecule is C=C(C)C(=O)N(CC)CC.C=C(C)C(=O)NCCCC. The third-order valence-electron chi connectivity index (χ3n) is 2.62. The number of rotatable bonds is 7. The molecule has 20 heavy (non-hydrogen) atoms. The van der Waals surface area contributed by atoms with E-state index >= 15 is 0 Å². The first-order chi connectivity index (χ1) is 9.31. The summed E-state index contributed by atoms with van der Waals surface area (Å²) >= 11 is 0. The van der Waals surface area contributed by atoms with Gasteiger partial charge in [-0.15, -0.1) is 0 Å². The first kappa shape index (κ1) is 20.7. The smallest absolute Gasteiger partial charge is 0.248 e. The van der Waals surface area contributed by atoms with Gasteiger partial charge in [-0.05, 0) is 34.1 Å². The first-order valence-electron chi connectivity index (χ1n) is 7.20. The van der Waals surface area contributed by atoms with Crippen LogP contribution in [-0.4, -0.2) is 36.3 Å². The highest BCUT2D eigenvalue weighted by molar-refractivity contribution is 5.92. The van der Waals surface area contributed by atoms with Crippen LogP contribution in [0.1, 0.15) is 47.5 Å². The Kier molecular flexibility index (Phi) is 12.9. The summed E-state index contributed by atoms with van der Waals surface area (Å²) in [5, 5.41) is 2.74. The first-order valence-corrected chi connectivity index (χ1v) is 7.20. The lowest BCUT2D eigenvalue weighted by Gasteiger charge is -2.17. The molecule has 0 saturated carbocycles. The minimum absolute atomic E-state index is 0.0338. The fourth-order valence-electron chi connectivity index (χ4n) is 1.31. The second-order valence-corrected chi connectivity index (χ2v) is 4.65. The minimum Gasteiger partial charge on any atom is -0.352 e. The molecule has 0 aliphatic carbocycles. The molecular formula is C16H30N2O2. The molecule has 0 unspecified atom stereocenters. The van der Waals surface area contributed by atoms with Crippen molar-refractivity contribution in [1.82, 2.24) is 10.2 Å². The van der Waals surface area contributed by atoms with Crippen molar-refractivity contribution in [2.24, 2.45) is 0 Å². The molecular weight excluding hydrogens is 252 g/mol. The summed E-state index contributed by atoms with van der Waals surface area (Å²) in [5.41, 5.74) is 1.19. The van der Waals surface area contributed by atoms with E-state index in [4.69, 9.17) is 0 Å². The van der Waals surface area contributed by atoms with Crippen molar-refractivity contribution in [2.45, 2.75) is 47.5 Å². The Balaban J connectivity index is 0. The van der Waals surface area contributed by atoms with Crippen molar-refractivity contribution in [2.75, 3.05) is 19.6 Å². The molecule has 0 rings (SSSR count). The lowest BCUT2D eigenvalue weighted by Crippen LogP contribution is -2.30. The van der Waals surface area contributed by atoms with Crippen LogP contribution in [0.15, 0.2) is 24.3 Å². The molecule has 0 bridgehead atoms. The quantitative estimate of drug-likeness (QED) is 0.576. The van der Waals surface area contributed by atoms with Gasteiger partial charge < -0.3 is 10.2 Å². The monoisotopic (exact) mass is 282 g/mol. The summed E-state index contributed by atoms with van der Waals surface area (Å²) < 4.78 is 0. The van der Waals surface area contributed by atoms with E-state index < -0.39 is 0 Å². The summed E-state index contributed by atoms with van der Waals surface area (Å²) in [6, 6.07) is 0. The molecule has 0 fully saturated rings. The van der Waals surface area contributed by atoms with E-state index in [1.54, 1.807) is 18.7 Å². The van der Waals surface area contributed by atoms with Crippen molar-refractivity contribution in [3.8, 4) is 0 Å². The van der Waals surface area contributed by atoms with Crippen LogP contribution in [0.2, 0.25) is 0 Å². The standard InChI is InChI=1S/2C8H15NO/c1-5-9(6-2)8(10)7(3)4;1-4-5-6-9-8(10)7(2)3/h3,5-6H2,1-2,4H3;2,4-6H2,1,3H3,(H,9,10). The average molecular weight is 282 g/mol. The van der Waals surface area contributed by atoms with Gasteiger partial charge in [-0.1, -0.05) is 26.5 Å². The van der Waals surface area contributed by atoms with Crippen molar-refractivity contribution in [1.29, 1.82) is 0 Å². The molecule has 0 aliphatic heterocycles. The summed E-state index contributed by atoms with van der Waals surface area (Å²) in [6.45, 7) is 18.9. The Morgan fingerprint density at radius 3 is 1.75 bits per heavy atom. The van der Waals surface area contributed by atoms with Crippen molar-refractivity contribution < 1.29 is 9.59 Å². The molecule has 0 saturated heterocycles. The van der Waals surface area contributed by atoms with Gasteiger partial charge in [0, 0.05) is 30.8 Å². The molecule has 4 heteroatoms. The number of likely N-dealkylation sites (N-methyl/N-ethyl adjacent to an activating group) is 1. The van der Waals surface area contributed by atoms with Gasteiger partial charge in [0.15, 0.2) is 0 Å². The number of unbranched alkanes of at least 4 members (excludes halogenated alkanes) is 1. The largest absolute Gasteiger partial charge is 0.352 e. The van der Waals surface area contributed by atoms with Crippen LogP contribution in [0.3, 0.4) is 0 Å². The van der Waals surface area contributed by atoms with Gasteiger partial charge in [0.2, 0.25) is 11.8 Å². The lowest BCUT2D eigenvalue weighted by molar-refractivity contribution is -0.126. The van der Waals surface area contributed by atoms with E-state index in [1.807, 2.05) is 13.8 Å². The molecule has 116 valence electrons. The fourth-order valence-corrected chi connectivity index (χ4v) is 1.31. The Bertz CT molecular complexity index is 331. The van der Waals surface area contributed by atoms with Gasteiger partial charge in [0.1, 0.15) is 0 Å². The normalized spacial score (nSPS) is 9.05. The number of hydrogen-bond donors (Lipinski definition) is 1. The highest BCUT2D eigenvalue weighted by Gasteiger charge is 2.08. The third kappa shape index (κ3) is 10.4. The van der Waals surface area contributed by atoms with Gasteiger partial charge in [-0.3, -0.25) is 9.59 Å². The van der Waals surface area contributed by atoms with Crippen LogP contribution in [0.25, 0.3) is 0 Å². The molecule has 0 spiro atoms. The molecule has 1 N–H and O–H groups in total. The van der Waals surface area contributed by atoms with Crippen molar-refractivity contribution >= 4 is 11.8 Å². The highest BCUT2D eigenvalue weighted by atomic mass is 16.2. The van der Waals surface area contributed by atoms with Crippen LogP contribution in [0.4, 0.5) is 0 Å². The van der Waals surface area contributed by atoms with Gasteiger partial charge in [-0.2, -0.15) is 0 Å². The maximum Gasteiger partial charge on any atom is 0.248 e. The van der Waals surface area contributed by atoms with Gasteiger partial charge in [0.05, 0.1) is 0 Å². The average Bonchev–Trinajstić information content (AvgIpc) is 2.40. The molecule has 2 amide bonds. The van der Waals surface area contributed by atoms with Crippen LogP contribution in [0.5, 0.6) is 0 Å². The summed E-state index contributed by atoms with van der Waals surface area (Å²) in [4.78, 5) is 23.7. The Hall–Kier alpha value is -1.58. The zero-order valence-corrected chi connectivity index (χ0v) is 13.7. The number of nitrogens with one attached hydrogen (secondary N) is 1. The molecule has 0 aromatic heterocycles. The maximum atomic E-state index is 11.1. The topological polar surface area (TPSA) is 49.4 Å². The van der Waals surface area contributed by atoms with E-state index in [0.717, 1.165) is 32.5 Å². The summed E-state index contributed by atoms with van der Waals surface area (Å²) in [7, 11) is 0. The zero-order chi connectivity index (χ0) is 16.1. The van der Waals surface area contributed by atoms with Crippen LogP contribution >= 0.6 is 0 Å². The van der Waals surface area contributed by atoms with E-state index in [0.29, 0.717) is 11.1 Å². The molecule has 0 aliphatic rings. The number of carbonyl (C=O) groups excluding carboxylic acids is 2. The summed E-state index contributed by atoms with van der Waals surface area (Å²) in [6.07, 6.45) is 2.15. The predicted octanol–water partition coefficient (Wildman–Crippen LogP) is 2.91. The summed E-state index contributed by atoms with van der Waals surface area (Å²) in [5.74, 6) is 0.0263. The Labute approximate surface area is 123 Å². The van der Waals surface area contributed by atoms with Crippen LogP contribution in [0, 0.1) is 0 Å². The number of hydrogen-bond acceptors (Lipinski definition) is 2. The van der Waals surface area contributed by atoms with Gasteiger partial charge in [-0.25, -0.2) is 0 Å². The predicted molar refractivity (Wildman–Crippen MR) is 85.5 cm³/mol. The van der Waals surface area contributed by atoms with E-state index in [9.17, 15) is 9.59 Å². The molecule has 0 atom stereocenters. The zero-order valence-electron chi connectivity index (χ0n) is 13.7. The number of carbonyl (C=O) groups is 2. The molecule has 0 heterocycles. The fraction of sp³-hybridized carbons (Fsp3) is 0.625. The van der Waals surface area contributed by atoms with Crippen LogP contribution in [-0.2, 0) is 9.59 Å². The maximum absolute atomic E-state index is 11.1. The second-order valence-electron chi connectivity index (χ2n) is 4.65. The second kappa shape index (κ2) is 12.5. The van der Waals surface area contributed by atoms with Crippen molar-refractivity contribution in [3.05, 3.63) is 24.3 Å². The Morgan fingerprint density at radius 2 is 1.50 bits per heavy atom. The molecule has 0 aromatic rings. The lowest BCUT2D eigenvalue weighted by atomic mass is 10.3. The molecule has 0 aromatic carbocycles. The number of nitrogens with zero attached hydrogens (tertiary/aromatic N) is 1.